The third-order valence-electron chi connectivity index (χ3n) is 5.38. The van der Waals surface area contributed by atoms with Gasteiger partial charge in [-0.3, -0.25) is 0 Å². The van der Waals surface area contributed by atoms with Crippen molar-refractivity contribution < 1.29 is 28.5 Å². The molecule has 1 heterocycles. The van der Waals surface area contributed by atoms with Crippen LogP contribution in [-0.4, -0.2) is 65.4 Å². The van der Waals surface area contributed by atoms with Gasteiger partial charge >= 0.3 is 0 Å². The quantitative estimate of drug-likeness (QED) is 0.534. The second-order valence-electron chi connectivity index (χ2n) is 7.56. The average molecular weight is 432 g/mol. The SMILES string of the molecule is Cc1ccc(S(=O)(=O)N[C@@H]2[C@@H](O)[C@H](O)[C@@H](CO)O[C@@H]2SC2CCCCC2)cc1. The number of aliphatic hydroxyl groups is 3. The largest absolute Gasteiger partial charge is 0.394 e. The lowest BCUT2D eigenvalue weighted by molar-refractivity contribution is -0.168. The Morgan fingerprint density at radius 1 is 1.11 bits per heavy atom. The first-order valence-electron chi connectivity index (χ1n) is 9.69. The third kappa shape index (κ3) is 5.08. The number of aliphatic hydroxyl groups excluding tert-OH is 3. The molecular weight excluding hydrogens is 402 g/mol. The summed E-state index contributed by atoms with van der Waals surface area (Å²) in [4.78, 5) is 0.0884. The first-order valence-corrected chi connectivity index (χ1v) is 12.1. The van der Waals surface area contributed by atoms with Crippen molar-refractivity contribution in [3.63, 3.8) is 0 Å². The minimum atomic E-state index is -3.91. The highest BCUT2D eigenvalue weighted by atomic mass is 32.2. The highest BCUT2D eigenvalue weighted by Crippen LogP contribution is 2.37. The molecule has 9 heteroatoms. The molecule has 1 saturated carbocycles. The van der Waals surface area contributed by atoms with Crippen LogP contribution in [0.1, 0.15) is 37.7 Å². The van der Waals surface area contributed by atoms with Gasteiger partial charge in [-0.25, -0.2) is 13.1 Å². The van der Waals surface area contributed by atoms with Crippen LogP contribution in [-0.2, 0) is 14.8 Å². The van der Waals surface area contributed by atoms with Crippen molar-refractivity contribution in [3.05, 3.63) is 29.8 Å². The van der Waals surface area contributed by atoms with Gasteiger partial charge in [0.15, 0.2) is 0 Å². The van der Waals surface area contributed by atoms with Crippen LogP contribution >= 0.6 is 11.8 Å². The number of hydrogen-bond donors (Lipinski definition) is 4. The Hall–Kier alpha value is -0.680. The molecule has 1 aromatic rings. The fourth-order valence-electron chi connectivity index (χ4n) is 3.68. The molecule has 5 atom stereocenters. The lowest BCUT2D eigenvalue weighted by atomic mass is 9.99. The molecule has 0 spiro atoms. The van der Waals surface area contributed by atoms with Gasteiger partial charge in [-0.1, -0.05) is 37.0 Å². The molecule has 0 unspecified atom stereocenters. The van der Waals surface area contributed by atoms with Crippen LogP contribution in [0, 0.1) is 6.92 Å². The Morgan fingerprint density at radius 3 is 2.36 bits per heavy atom. The topological polar surface area (TPSA) is 116 Å². The minimum Gasteiger partial charge on any atom is -0.394 e. The first kappa shape index (κ1) is 22.0. The summed E-state index contributed by atoms with van der Waals surface area (Å²) in [5.74, 6) is 0. The Bertz CT molecular complexity index is 735. The van der Waals surface area contributed by atoms with Crippen molar-refractivity contribution in [1.29, 1.82) is 0 Å². The van der Waals surface area contributed by atoms with Gasteiger partial charge in [0, 0.05) is 5.25 Å². The van der Waals surface area contributed by atoms with Crippen molar-refractivity contribution >= 4 is 21.8 Å². The molecule has 1 aliphatic heterocycles. The summed E-state index contributed by atoms with van der Waals surface area (Å²) in [5.41, 5.74) is 0.241. The van der Waals surface area contributed by atoms with Crippen LogP contribution in [0.4, 0.5) is 0 Å². The van der Waals surface area contributed by atoms with E-state index in [1.807, 2.05) is 6.92 Å². The summed E-state index contributed by atoms with van der Waals surface area (Å²) in [6.45, 7) is 1.42. The van der Waals surface area contributed by atoms with E-state index in [1.165, 1.54) is 30.3 Å². The van der Waals surface area contributed by atoms with Crippen LogP contribution < -0.4 is 4.72 Å². The fraction of sp³-hybridized carbons (Fsp3) is 0.684. The van der Waals surface area contributed by atoms with E-state index in [2.05, 4.69) is 4.72 Å². The van der Waals surface area contributed by atoms with Gasteiger partial charge in [-0.2, -0.15) is 0 Å². The Kier molecular flexibility index (Phi) is 7.41. The van der Waals surface area contributed by atoms with Gasteiger partial charge in [0.25, 0.3) is 0 Å². The van der Waals surface area contributed by atoms with Gasteiger partial charge in [-0.15, -0.1) is 11.8 Å². The van der Waals surface area contributed by atoms with Crippen molar-refractivity contribution in [2.24, 2.45) is 0 Å². The smallest absolute Gasteiger partial charge is 0.241 e. The maximum Gasteiger partial charge on any atom is 0.241 e. The van der Waals surface area contributed by atoms with Gasteiger partial charge in [0.05, 0.1) is 17.5 Å². The summed E-state index contributed by atoms with van der Waals surface area (Å²) in [5, 5.41) is 30.6. The molecule has 1 saturated heterocycles. The molecule has 0 bridgehead atoms. The lowest BCUT2D eigenvalue weighted by Crippen LogP contribution is -2.63. The van der Waals surface area contributed by atoms with E-state index in [0.717, 1.165) is 31.2 Å². The number of ether oxygens (including phenoxy) is 1. The number of hydrogen-bond acceptors (Lipinski definition) is 7. The van der Waals surface area contributed by atoms with E-state index in [0.29, 0.717) is 5.25 Å². The van der Waals surface area contributed by atoms with Crippen LogP contribution in [0.15, 0.2) is 29.2 Å². The summed E-state index contributed by atoms with van der Waals surface area (Å²) in [6, 6.07) is 5.39. The zero-order valence-corrected chi connectivity index (χ0v) is 17.5. The maximum absolute atomic E-state index is 12.8. The number of sulfonamides is 1. The molecule has 28 heavy (non-hydrogen) atoms. The van der Waals surface area contributed by atoms with Gasteiger partial charge in [0.1, 0.15) is 23.7 Å². The standard InChI is InChI=1S/C19H29NO6S2/c1-12-7-9-14(10-8-12)28(24,25)20-16-18(23)17(22)15(11-21)26-19(16)27-13-5-3-2-4-6-13/h7-10,13,15-23H,2-6,11H2,1H3/t15-,16-,17-,18-,19-/m1/s1. The Morgan fingerprint density at radius 2 is 1.75 bits per heavy atom. The number of nitrogens with one attached hydrogen (secondary N) is 1. The van der Waals surface area contributed by atoms with Crippen molar-refractivity contribution in [2.45, 2.75) is 79.0 Å². The maximum atomic E-state index is 12.8. The van der Waals surface area contributed by atoms with Crippen LogP contribution in [0.25, 0.3) is 0 Å². The Balaban J connectivity index is 1.81. The van der Waals surface area contributed by atoms with E-state index < -0.39 is 46.4 Å². The molecule has 7 nitrogen and oxygen atoms in total. The predicted octanol–water partition coefficient (Wildman–Crippen LogP) is 1.15. The molecule has 0 radical (unpaired) electrons. The first-order chi connectivity index (χ1) is 13.3. The molecule has 2 fully saturated rings. The summed E-state index contributed by atoms with van der Waals surface area (Å²) in [6.07, 6.45) is 1.71. The molecule has 1 aliphatic carbocycles. The molecule has 0 amide bonds. The minimum absolute atomic E-state index is 0.0884. The zero-order valence-electron chi connectivity index (χ0n) is 15.9. The molecule has 158 valence electrons. The van der Waals surface area contributed by atoms with Gasteiger partial charge in [-0.05, 0) is 31.9 Å². The van der Waals surface area contributed by atoms with E-state index in [-0.39, 0.29) is 4.90 Å². The predicted molar refractivity (Wildman–Crippen MR) is 108 cm³/mol. The molecule has 0 aromatic heterocycles. The number of thioether (sulfide) groups is 1. The zero-order chi connectivity index (χ0) is 20.3. The van der Waals surface area contributed by atoms with Crippen molar-refractivity contribution in [3.8, 4) is 0 Å². The fourth-order valence-corrected chi connectivity index (χ4v) is 6.61. The van der Waals surface area contributed by atoms with Crippen molar-refractivity contribution in [1.82, 2.24) is 4.72 Å². The monoisotopic (exact) mass is 431 g/mol. The van der Waals surface area contributed by atoms with E-state index in [4.69, 9.17) is 4.74 Å². The van der Waals surface area contributed by atoms with E-state index in [9.17, 15) is 23.7 Å². The Labute approximate surface area is 170 Å². The molecule has 3 rings (SSSR count). The van der Waals surface area contributed by atoms with Gasteiger partial charge in [0.2, 0.25) is 10.0 Å². The molecule has 4 N–H and O–H groups in total. The van der Waals surface area contributed by atoms with E-state index >= 15 is 0 Å². The molecular formula is C19H29NO6S2. The average Bonchev–Trinajstić information content (AvgIpc) is 2.68. The normalized spacial score (nSPS) is 32.4. The molecule has 1 aromatic carbocycles. The summed E-state index contributed by atoms with van der Waals surface area (Å²) < 4.78 is 34.0. The second kappa shape index (κ2) is 9.42. The number of rotatable bonds is 6. The van der Waals surface area contributed by atoms with Crippen molar-refractivity contribution in [2.75, 3.05) is 6.61 Å². The van der Waals surface area contributed by atoms with Crippen LogP contribution in [0.2, 0.25) is 0 Å². The number of aryl methyl sites for hydroxylation is 1. The second-order valence-corrected chi connectivity index (χ2v) is 10.7. The highest BCUT2D eigenvalue weighted by Gasteiger charge is 2.46. The molecule has 2 aliphatic rings. The summed E-state index contributed by atoms with van der Waals surface area (Å²) >= 11 is 1.48. The van der Waals surface area contributed by atoms with Gasteiger partial charge < -0.3 is 20.1 Å². The van der Waals surface area contributed by atoms with Crippen LogP contribution in [0.5, 0.6) is 0 Å². The van der Waals surface area contributed by atoms with E-state index in [1.54, 1.807) is 12.1 Å². The number of benzene rings is 1. The van der Waals surface area contributed by atoms with Crippen LogP contribution in [0.3, 0.4) is 0 Å². The third-order valence-corrected chi connectivity index (χ3v) is 8.39. The lowest BCUT2D eigenvalue weighted by Gasteiger charge is -2.43. The highest BCUT2D eigenvalue weighted by molar-refractivity contribution is 8.00. The summed E-state index contributed by atoms with van der Waals surface area (Å²) in [7, 11) is -3.91.